The second-order valence-corrected chi connectivity index (χ2v) is 8.74. The highest BCUT2D eigenvalue weighted by Crippen LogP contribution is 2.40. The number of amides is 1. The molecule has 1 aromatic heterocycles. The third kappa shape index (κ3) is 2.77. The minimum Gasteiger partial charge on any atom is -0.360 e. The van der Waals surface area contributed by atoms with E-state index in [-0.39, 0.29) is 24.0 Å². The Hall–Kier alpha value is -1.67. The number of hydrogen-bond donors (Lipinski definition) is 1. The molecule has 3 atom stereocenters. The van der Waals surface area contributed by atoms with Gasteiger partial charge in [-0.25, -0.2) is 8.42 Å². The van der Waals surface area contributed by atoms with Gasteiger partial charge in [-0.1, -0.05) is 11.7 Å². The summed E-state index contributed by atoms with van der Waals surface area (Å²) in [5.74, 6) is 0.962. The summed E-state index contributed by atoms with van der Waals surface area (Å²) >= 11 is 0. The predicted octanol–water partition coefficient (Wildman–Crippen LogP) is 1.75. The number of piperidine rings is 1. The fourth-order valence-electron chi connectivity index (χ4n) is 3.97. The predicted molar refractivity (Wildman–Crippen MR) is 86.7 cm³/mol. The van der Waals surface area contributed by atoms with Crippen LogP contribution in [0, 0.1) is 0 Å². The number of rotatable bonds is 5. The third-order valence-corrected chi connectivity index (χ3v) is 6.85. The van der Waals surface area contributed by atoms with Crippen LogP contribution in [-0.4, -0.2) is 41.9 Å². The summed E-state index contributed by atoms with van der Waals surface area (Å²) in [5, 5.41) is 7.87. The van der Waals surface area contributed by atoms with E-state index in [0.717, 1.165) is 36.9 Å². The van der Waals surface area contributed by atoms with E-state index in [1.54, 1.807) is 10.4 Å². The molecule has 2 bridgehead atoms. The molecule has 1 aromatic rings. The van der Waals surface area contributed by atoms with Crippen LogP contribution in [0.5, 0.6) is 0 Å². The number of hydrogen-bond acceptors (Lipinski definition) is 5. The van der Waals surface area contributed by atoms with Gasteiger partial charge < -0.3 is 9.84 Å². The minimum absolute atomic E-state index is 0.0349. The van der Waals surface area contributed by atoms with Gasteiger partial charge in [0.25, 0.3) is 5.91 Å². The van der Waals surface area contributed by atoms with Crippen LogP contribution in [0.25, 0.3) is 0 Å². The molecule has 1 amide bonds. The molecule has 0 radical (unpaired) electrons. The SMILES string of the molecule is C=CS(=O)(=O)N1[C@@H]2CC[C@H]1C[C@@H](NC(=O)c1cc(C3CC3)on1)C2. The van der Waals surface area contributed by atoms with E-state index in [9.17, 15) is 13.2 Å². The molecule has 3 fully saturated rings. The molecule has 1 saturated carbocycles. The summed E-state index contributed by atoms with van der Waals surface area (Å²) in [4.78, 5) is 12.4. The van der Waals surface area contributed by atoms with Crippen molar-refractivity contribution in [3.8, 4) is 0 Å². The number of nitrogens with one attached hydrogen (secondary N) is 1. The lowest BCUT2D eigenvalue weighted by molar-refractivity contribution is 0.0900. The molecule has 130 valence electrons. The number of carbonyl (C=O) groups is 1. The lowest BCUT2D eigenvalue weighted by Crippen LogP contribution is -2.51. The lowest BCUT2D eigenvalue weighted by atomic mass is 9.99. The number of nitrogens with zero attached hydrogens (tertiary/aromatic N) is 2. The Morgan fingerprint density at radius 1 is 1.29 bits per heavy atom. The molecular formula is C16H21N3O4S. The second kappa shape index (κ2) is 5.70. The quantitative estimate of drug-likeness (QED) is 0.872. The third-order valence-electron chi connectivity index (χ3n) is 5.25. The first-order valence-electron chi connectivity index (χ1n) is 8.41. The van der Waals surface area contributed by atoms with E-state index in [1.165, 1.54) is 0 Å². The first-order valence-corrected chi connectivity index (χ1v) is 9.91. The van der Waals surface area contributed by atoms with Gasteiger partial charge in [-0.15, -0.1) is 0 Å². The molecule has 3 aliphatic rings. The normalized spacial score (nSPS) is 30.2. The van der Waals surface area contributed by atoms with Gasteiger partial charge in [0.1, 0.15) is 5.76 Å². The summed E-state index contributed by atoms with van der Waals surface area (Å²) in [6.07, 6.45) is 5.11. The topological polar surface area (TPSA) is 92.5 Å². The Kier molecular flexibility index (Phi) is 3.76. The van der Waals surface area contributed by atoms with Crippen molar-refractivity contribution in [1.29, 1.82) is 0 Å². The van der Waals surface area contributed by atoms with Crippen molar-refractivity contribution >= 4 is 15.9 Å². The lowest BCUT2D eigenvalue weighted by Gasteiger charge is -2.37. The van der Waals surface area contributed by atoms with Crippen LogP contribution in [-0.2, 0) is 10.0 Å². The van der Waals surface area contributed by atoms with E-state index in [0.29, 0.717) is 24.5 Å². The standard InChI is InChI=1S/C16H21N3O4S/c1-2-24(21,22)19-12-5-6-13(19)8-11(7-12)17-16(20)14-9-15(23-18-14)10-3-4-10/h2,9-13H,1,3-8H2,(H,17,20)/t11-,12+,13-. The molecule has 0 unspecified atom stereocenters. The van der Waals surface area contributed by atoms with Crippen molar-refractivity contribution in [2.75, 3.05) is 0 Å². The van der Waals surface area contributed by atoms with Crippen molar-refractivity contribution in [3.63, 3.8) is 0 Å². The number of aromatic nitrogens is 1. The molecule has 3 heterocycles. The van der Waals surface area contributed by atoms with Crippen LogP contribution in [0.3, 0.4) is 0 Å². The number of fused-ring (bicyclic) bond motifs is 2. The van der Waals surface area contributed by atoms with Crippen molar-refractivity contribution in [1.82, 2.24) is 14.8 Å². The van der Waals surface area contributed by atoms with Crippen LogP contribution >= 0.6 is 0 Å². The minimum atomic E-state index is -3.40. The Bertz CT molecular complexity index is 754. The summed E-state index contributed by atoms with van der Waals surface area (Å²) in [7, 11) is -3.40. The van der Waals surface area contributed by atoms with Gasteiger partial charge in [-0.3, -0.25) is 4.79 Å². The van der Waals surface area contributed by atoms with Crippen LogP contribution in [0.1, 0.15) is 60.7 Å². The Labute approximate surface area is 141 Å². The van der Waals surface area contributed by atoms with Gasteiger partial charge in [0.15, 0.2) is 5.69 Å². The zero-order valence-corrected chi connectivity index (χ0v) is 14.2. The number of carbonyl (C=O) groups excluding carboxylic acids is 1. The molecule has 2 aliphatic heterocycles. The maximum Gasteiger partial charge on any atom is 0.273 e. The second-order valence-electron chi connectivity index (χ2n) is 6.96. The fourth-order valence-corrected chi connectivity index (χ4v) is 5.36. The summed E-state index contributed by atoms with van der Waals surface area (Å²) < 4.78 is 31.1. The fraction of sp³-hybridized carbons (Fsp3) is 0.625. The van der Waals surface area contributed by atoms with Crippen LogP contribution in [0.4, 0.5) is 0 Å². The van der Waals surface area contributed by atoms with E-state index < -0.39 is 10.0 Å². The van der Waals surface area contributed by atoms with Crippen LogP contribution < -0.4 is 5.32 Å². The number of sulfonamides is 1. The maximum absolute atomic E-state index is 12.4. The Morgan fingerprint density at radius 3 is 2.54 bits per heavy atom. The summed E-state index contributed by atoms with van der Waals surface area (Å²) in [6.45, 7) is 3.41. The highest BCUT2D eigenvalue weighted by atomic mass is 32.2. The molecule has 0 aromatic carbocycles. The van der Waals surface area contributed by atoms with Gasteiger partial charge in [0, 0.05) is 35.5 Å². The largest absolute Gasteiger partial charge is 0.360 e. The molecule has 1 N–H and O–H groups in total. The molecule has 0 spiro atoms. The van der Waals surface area contributed by atoms with E-state index >= 15 is 0 Å². The van der Waals surface area contributed by atoms with Crippen molar-refractivity contribution < 1.29 is 17.7 Å². The van der Waals surface area contributed by atoms with E-state index in [4.69, 9.17) is 4.52 Å². The average molecular weight is 351 g/mol. The van der Waals surface area contributed by atoms with E-state index in [1.807, 2.05) is 0 Å². The van der Waals surface area contributed by atoms with Gasteiger partial charge in [0.05, 0.1) is 0 Å². The smallest absolute Gasteiger partial charge is 0.273 e. The summed E-state index contributed by atoms with van der Waals surface area (Å²) in [6, 6.07) is 1.57. The summed E-state index contributed by atoms with van der Waals surface area (Å²) in [5.41, 5.74) is 0.311. The first kappa shape index (κ1) is 15.8. The van der Waals surface area contributed by atoms with Gasteiger partial charge in [-0.2, -0.15) is 4.31 Å². The highest BCUT2D eigenvalue weighted by Gasteiger charge is 2.46. The van der Waals surface area contributed by atoms with E-state index in [2.05, 4.69) is 17.1 Å². The monoisotopic (exact) mass is 351 g/mol. The van der Waals surface area contributed by atoms with Crippen molar-refractivity contribution in [2.24, 2.45) is 0 Å². The molecule has 8 heteroatoms. The van der Waals surface area contributed by atoms with Crippen molar-refractivity contribution in [3.05, 3.63) is 29.5 Å². The average Bonchev–Trinajstić information content (AvgIpc) is 3.21. The molecule has 2 saturated heterocycles. The zero-order valence-electron chi connectivity index (χ0n) is 13.3. The molecule has 24 heavy (non-hydrogen) atoms. The Morgan fingerprint density at radius 2 is 1.96 bits per heavy atom. The van der Waals surface area contributed by atoms with Crippen LogP contribution in [0.15, 0.2) is 22.6 Å². The van der Waals surface area contributed by atoms with Crippen LogP contribution in [0.2, 0.25) is 0 Å². The maximum atomic E-state index is 12.4. The Balaban J connectivity index is 1.42. The highest BCUT2D eigenvalue weighted by molar-refractivity contribution is 7.92. The van der Waals surface area contributed by atoms with Gasteiger partial charge >= 0.3 is 0 Å². The molecule has 7 nitrogen and oxygen atoms in total. The zero-order chi connectivity index (χ0) is 16.9. The van der Waals surface area contributed by atoms with Gasteiger partial charge in [0.2, 0.25) is 10.0 Å². The van der Waals surface area contributed by atoms with Gasteiger partial charge in [-0.05, 0) is 38.5 Å². The first-order chi connectivity index (χ1) is 11.5. The van der Waals surface area contributed by atoms with Crippen molar-refractivity contribution in [2.45, 2.75) is 62.6 Å². The molecule has 4 rings (SSSR count). The molecular weight excluding hydrogens is 330 g/mol. The molecule has 1 aliphatic carbocycles.